The van der Waals surface area contributed by atoms with Crippen molar-refractivity contribution in [1.29, 1.82) is 0 Å². The van der Waals surface area contributed by atoms with Gasteiger partial charge in [0.2, 0.25) is 5.91 Å². The van der Waals surface area contributed by atoms with Gasteiger partial charge in [-0.15, -0.1) is 0 Å². The summed E-state index contributed by atoms with van der Waals surface area (Å²) in [5.41, 5.74) is 0. The van der Waals surface area contributed by atoms with Gasteiger partial charge in [-0.3, -0.25) is 9.69 Å². The SMILES string of the molecule is CCCNC(=O)CN(CCNC)CC(F)(F)F. The first-order valence-corrected chi connectivity index (χ1v) is 5.59. The zero-order chi connectivity index (χ0) is 13.3. The average Bonchev–Trinajstić information content (AvgIpc) is 2.21. The lowest BCUT2D eigenvalue weighted by Crippen LogP contribution is -2.44. The van der Waals surface area contributed by atoms with E-state index in [-0.39, 0.29) is 19.0 Å². The first-order valence-electron chi connectivity index (χ1n) is 5.59. The van der Waals surface area contributed by atoms with Crippen LogP contribution in [0.25, 0.3) is 0 Å². The molecule has 0 rings (SSSR count). The van der Waals surface area contributed by atoms with Gasteiger partial charge in [-0.1, -0.05) is 6.92 Å². The first kappa shape index (κ1) is 16.2. The zero-order valence-electron chi connectivity index (χ0n) is 10.2. The van der Waals surface area contributed by atoms with E-state index in [1.54, 1.807) is 7.05 Å². The van der Waals surface area contributed by atoms with E-state index in [4.69, 9.17) is 0 Å². The Morgan fingerprint density at radius 1 is 1.29 bits per heavy atom. The third-order valence-corrected chi connectivity index (χ3v) is 2.02. The Balaban J connectivity index is 4.13. The molecule has 0 spiro atoms. The second-order valence-corrected chi connectivity index (χ2v) is 3.78. The molecule has 0 radical (unpaired) electrons. The lowest BCUT2D eigenvalue weighted by atomic mass is 10.4. The highest BCUT2D eigenvalue weighted by molar-refractivity contribution is 5.77. The third kappa shape index (κ3) is 10.1. The average molecular weight is 255 g/mol. The lowest BCUT2D eigenvalue weighted by molar-refractivity contribution is -0.148. The van der Waals surface area contributed by atoms with E-state index in [1.165, 1.54) is 0 Å². The first-order chi connectivity index (χ1) is 7.89. The van der Waals surface area contributed by atoms with Crippen LogP contribution in [0.4, 0.5) is 13.2 Å². The third-order valence-electron chi connectivity index (χ3n) is 2.02. The summed E-state index contributed by atoms with van der Waals surface area (Å²) >= 11 is 0. The minimum atomic E-state index is -4.28. The maximum atomic E-state index is 12.2. The molecule has 0 aliphatic carbocycles. The van der Waals surface area contributed by atoms with Crippen molar-refractivity contribution in [2.24, 2.45) is 0 Å². The topological polar surface area (TPSA) is 44.4 Å². The lowest BCUT2D eigenvalue weighted by Gasteiger charge is -2.22. The predicted molar refractivity (Wildman–Crippen MR) is 59.7 cm³/mol. The van der Waals surface area contributed by atoms with Gasteiger partial charge in [0.15, 0.2) is 0 Å². The van der Waals surface area contributed by atoms with Gasteiger partial charge in [0.05, 0.1) is 13.1 Å². The van der Waals surface area contributed by atoms with Crippen molar-refractivity contribution >= 4 is 5.91 Å². The van der Waals surface area contributed by atoms with Crippen molar-refractivity contribution in [2.75, 3.05) is 39.8 Å². The van der Waals surface area contributed by atoms with Gasteiger partial charge in [-0.2, -0.15) is 13.2 Å². The van der Waals surface area contributed by atoms with Gasteiger partial charge in [0.25, 0.3) is 0 Å². The number of hydrogen-bond acceptors (Lipinski definition) is 3. The van der Waals surface area contributed by atoms with E-state index >= 15 is 0 Å². The number of carbonyl (C=O) groups excluding carboxylic acids is 1. The van der Waals surface area contributed by atoms with E-state index in [0.29, 0.717) is 13.1 Å². The molecule has 0 saturated heterocycles. The standard InChI is InChI=1S/C10H20F3N3O/c1-3-4-15-9(17)7-16(6-5-14-2)8-10(11,12)13/h14H,3-8H2,1-2H3,(H,15,17). The molecule has 17 heavy (non-hydrogen) atoms. The van der Waals surface area contributed by atoms with Crippen molar-refractivity contribution in [3.63, 3.8) is 0 Å². The van der Waals surface area contributed by atoms with E-state index in [2.05, 4.69) is 10.6 Å². The molecule has 1 amide bonds. The van der Waals surface area contributed by atoms with Crippen LogP contribution in [0.2, 0.25) is 0 Å². The van der Waals surface area contributed by atoms with Gasteiger partial charge in [-0.25, -0.2) is 0 Å². The van der Waals surface area contributed by atoms with Crippen LogP contribution in [0.15, 0.2) is 0 Å². The molecule has 0 aromatic rings. The van der Waals surface area contributed by atoms with Crippen LogP contribution in [0.3, 0.4) is 0 Å². The Kier molecular flexibility index (Phi) is 7.90. The summed E-state index contributed by atoms with van der Waals surface area (Å²) in [6.07, 6.45) is -3.51. The number of halogens is 3. The van der Waals surface area contributed by atoms with Crippen LogP contribution in [0.1, 0.15) is 13.3 Å². The smallest absolute Gasteiger partial charge is 0.355 e. The van der Waals surface area contributed by atoms with Crippen LogP contribution in [0, 0.1) is 0 Å². The second-order valence-electron chi connectivity index (χ2n) is 3.78. The summed E-state index contributed by atoms with van der Waals surface area (Å²) in [6.45, 7) is 1.70. The summed E-state index contributed by atoms with van der Waals surface area (Å²) in [7, 11) is 1.66. The Bertz CT molecular complexity index is 221. The number of likely N-dealkylation sites (N-methyl/N-ethyl adjacent to an activating group) is 1. The Labute approximate surface area is 99.5 Å². The fourth-order valence-electron chi connectivity index (χ4n) is 1.26. The fourth-order valence-corrected chi connectivity index (χ4v) is 1.26. The van der Waals surface area contributed by atoms with Gasteiger partial charge in [0, 0.05) is 19.6 Å². The molecular weight excluding hydrogens is 235 g/mol. The number of hydrogen-bond donors (Lipinski definition) is 2. The summed E-state index contributed by atoms with van der Waals surface area (Å²) in [6, 6.07) is 0. The maximum absolute atomic E-state index is 12.2. The molecule has 0 aliphatic heterocycles. The summed E-state index contributed by atoms with van der Waals surface area (Å²) < 4.78 is 36.7. The van der Waals surface area contributed by atoms with Crippen LogP contribution in [0.5, 0.6) is 0 Å². The number of rotatable bonds is 8. The normalized spacial score (nSPS) is 11.9. The number of alkyl halides is 3. The highest BCUT2D eigenvalue weighted by atomic mass is 19.4. The van der Waals surface area contributed by atoms with E-state index < -0.39 is 12.7 Å². The summed E-state index contributed by atoms with van der Waals surface area (Å²) in [5.74, 6) is -0.368. The van der Waals surface area contributed by atoms with E-state index in [1.807, 2.05) is 6.92 Å². The summed E-state index contributed by atoms with van der Waals surface area (Å²) in [5, 5.41) is 5.32. The van der Waals surface area contributed by atoms with Gasteiger partial charge < -0.3 is 10.6 Å². The summed E-state index contributed by atoms with van der Waals surface area (Å²) in [4.78, 5) is 12.4. The van der Waals surface area contributed by atoms with Crippen molar-refractivity contribution in [3.05, 3.63) is 0 Å². The molecule has 2 N–H and O–H groups in total. The van der Waals surface area contributed by atoms with Crippen LogP contribution in [-0.2, 0) is 4.79 Å². The molecular formula is C10H20F3N3O. The monoisotopic (exact) mass is 255 g/mol. The highest BCUT2D eigenvalue weighted by Crippen LogP contribution is 2.15. The number of amides is 1. The van der Waals surface area contributed by atoms with Crippen LogP contribution >= 0.6 is 0 Å². The molecule has 4 nitrogen and oxygen atoms in total. The Morgan fingerprint density at radius 2 is 1.94 bits per heavy atom. The van der Waals surface area contributed by atoms with Crippen molar-refractivity contribution in [3.8, 4) is 0 Å². The molecule has 0 saturated carbocycles. The largest absolute Gasteiger partial charge is 0.401 e. The minimum Gasteiger partial charge on any atom is -0.355 e. The maximum Gasteiger partial charge on any atom is 0.401 e. The molecule has 0 fully saturated rings. The molecule has 7 heteroatoms. The quantitative estimate of drug-likeness (QED) is 0.667. The number of nitrogens with one attached hydrogen (secondary N) is 2. The van der Waals surface area contributed by atoms with E-state index in [9.17, 15) is 18.0 Å². The van der Waals surface area contributed by atoms with Crippen molar-refractivity contribution in [2.45, 2.75) is 19.5 Å². The van der Waals surface area contributed by atoms with Crippen LogP contribution in [-0.4, -0.2) is 56.8 Å². The molecule has 0 aromatic heterocycles. The number of nitrogens with zero attached hydrogens (tertiary/aromatic N) is 1. The molecule has 0 aromatic carbocycles. The molecule has 102 valence electrons. The molecule has 0 aliphatic rings. The van der Waals surface area contributed by atoms with Crippen LogP contribution < -0.4 is 10.6 Å². The molecule has 0 unspecified atom stereocenters. The van der Waals surface area contributed by atoms with Gasteiger partial charge >= 0.3 is 6.18 Å². The molecule has 0 atom stereocenters. The Hall–Kier alpha value is -0.820. The van der Waals surface area contributed by atoms with Crippen molar-refractivity contribution < 1.29 is 18.0 Å². The Morgan fingerprint density at radius 3 is 2.41 bits per heavy atom. The molecule has 0 bridgehead atoms. The van der Waals surface area contributed by atoms with Crippen molar-refractivity contribution in [1.82, 2.24) is 15.5 Å². The second kappa shape index (κ2) is 8.30. The molecule has 0 heterocycles. The fraction of sp³-hybridized carbons (Fsp3) is 0.900. The van der Waals surface area contributed by atoms with Gasteiger partial charge in [-0.05, 0) is 13.5 Å². The minimum absolute atomic E-state index is 0.190. The van der Waals surface area contributed by atoms with E-state index in [0.717, 1.165) is 11.3 Å². The zero-order valence-corrected chi connectivity index (χ0v) is 10.2. The predicted octanol–water partition coefficient (Wildman–Crippen LogP) is 0.596. The van der Waals surface area contributed by atoms with Gasteiger partial charge in [0.1, 0.15) is 0 Å². The number of carbonyl (C=O) groups is 1. The highest BCUT2D eigenvalue weighted by Gasteiger charge is 2.31.